The Labute approximate surface area is 108 Å². The number of nitrogens with zero attached hydrogens (tertiary/aromatic N) is 1. The minimum atomic E-state index is 0.461. The van der Waals surface area contributed by atoms with Crippen LogP contribution >= 0.6 is 11.3 Å². The van der Waals surface area contributed by atoms with E-state index >= 15 is 0 Å². The topological polar surface area (TPSA) is 34.2 Å². The molecule has 1 saturated heterocycles. The molecule has 1 N–H and O–H groups in total. The summed E-state index contributed by atoms with van der Waals surface area (Å²) in [5.74, 6) is 0. The summed E-state index contributed by atoms with van der Waals surface area (Å²) in [6.45, 7) is 6.20. The molecule has 17 heavy (non-hydrogen) atoms. The molecule has 2 rings (SSSR count). The van der Waals surface area contributed by atoms with Gasteiger partial charge in [-0.25, -0.2) is 4.98 Å². The van der Waals surface area contributed by atoms with Crippen molar-refractivity contribution in [3.63, 3.8) is 0 Å². The van der Waals surface area contributed by atoms with Gasteiger partial charge in [-0.15, -0.1) is 11.3 Å². The van der Waals surface area contributed by atoms with Crippen LogP contribution in [0.4, 0.5) is 0 Å². The van der Waals surface area contributed by atoms with E-state index in [-0.39, 0.29) is 0 Å². The number of aromatic nitrogens is 1. The third kappa shape index (κ3) is 4.05. The first-order chi connectivity index (χ1) is 8.28. The highest BCUT2D eigenvalue weighted by atomic mass is 32.1. The summed E-state index contributed by atoms with van der Waals surface area (Å²) in [6.07, 6.45) is 4.93. The molecule has 2 atom stereocenters. The molecule has 2 unspecified atom stereocenters. The largest absolute Gasteiger partial charge is 0.378 e. The first-order valence-corrected chi connectivity index (χ1v) is 7.42. The lowest BCUT2D eigenvalue weighted by Crippen LogP contribution is -2.39. The third-order valence-electron chi connectivity index (χ3n) is 3.30. The maximum absolute atomic E-state index is 5.67. The SMILES string of the molecule is CCC1CC(NCCc2csc(C)n2)CCO1. The highest BCUT2D eigenvalue weighted by Crippen LogP contribution is 2.16. The van der Waals surface area contributed by atoms with Crippen LogP contribution in [0.15, 0.2) is 5.38 Å². The molecular weight excluding hydrogens is 232 g/mol. The summed E-state index contributed by atoms with van der Waals surface area (Å²) in [5.41, 5.74) is 1.22. The Morgan fingerprint density at radius 1 is 1.59 bits per heavy atom. The lowest BCUT2D eigenvalue weighted by atomic mass is 10.0. The molecule has 3 nitrogen and oxygen atoms in total. The van der Waals surface area contributed by atoms with Gasteiger partial charge in [-0.2, -0.15) is 0 Å². The van der Waals surface area contributed by atoms with E-state index in [2.05, 4.69) is 29.5 Å². The van der Waals surface area contributed by atoms with Crippen molar-refractivity contribution in [2.45, 2.75) is 51.7 Å². The van der Waals surface area contributed by atoms with Crippen LogP contribution in [-0.4, -0.2) is 30.3 Å². The molecule has 1 fully saturated rings. The molecule has 0 aliphatic carbocycles. The monoisotopic (exact) mass is 254 g/mol. The van der Waals surface area contributed by atoms with Crippen molar-refractivity contribution in [1.29, 1.82) is 0 Å². The summed E-state index contributed by atoms with van der Waals surface area (Å²) >= 11 is 1.74. The molecule has 4 heteroatoms. The second-order valence-electron chi connectivity index (χ2n) is 4.68. The molecule has 0 radical (unpaired) electrons. The van der Waals surface area contributed by atoms with Crippen LogP contribution in [0.25, 0.3) is 0 Å². The molecule has 0 saturated carbocycles. The van der Waals surface area contributed by atoms with Gasteiger partial charge in [0.15, 0.2) is 0 Å². The molecule has 1 aromatic rings. The second kappa shape index (κ2) is 6.47. The van der Waals surface area contributed by atoms with Crippen molar-refractivity contribution in [2.75, 3.05) is 13.2 Å². The number of ether oxygens (including phenoxy) is 1. The van der Waals surface area contributed by atoms with E-state index in [0.29, 0.717) is 12.1 Å². The van der Waals surface area contributed by atoms with Crippen molar-refractivity contribution in [1.82, 2.24) is 10.3 Å². The predicted molar refractivity (Wildman–Crippen MR) is 71.6 cm³/mol. The minimum Gasteiger partial charge on any atom is -0.378 e. The third-order valence-corrected chi connectivity index (χ3v) is 4.13. The Kier molecular flexibility index (Phi) is 4.95. The summed E-state index contributed by atoms with van der Waals surface area (Å²) in [6, 6.07) is 0.633. The predicted octanol–water partition coefficient (Wildman–Crippen LogP) is 2.54. The Morgan fingerprint density at radius 2 is 2.47 bits per heavy atom. The molecule has 96 valence electrons. The minimum absolute atomic E-state index is 0.461. The lowest BCUT2D eigenvalue weighted by molar-refractivity contribution is 0.000110. The van der Waals surface area contributed by atoms with Crippen molar-refractivity contribution < 1.29 is 4.74 Å². The summed E-state index contributed by atoms with van der Waals surface area (Å²) in [5, 5.41) is 6.95. The Hall–Kier alpha value is -0.450. The lowest BCUT2D eigenvalue weighted by Gasteiger charge is -2.29. The van der Waals surface area contributed by atoms with Crippen LogP contribution < -0.4 is 5.32 Å². The fourth-order valence-electron chi connectivity index (χ4n) is 2.28. The van der Waals surface area contributed by atoms with Crippen molar-refractivity contribution in [2.24, 2.45) is 0 Å². The Balaban J connectivity index is 1.68. The zero-order chi connectivity index (χ0) is 12.1. The zero-order valence-corrected chi connectivity index (χ0v) is 11.6. The van der Waals surface area contributed by atoms with Gasteiger partial charge in [-0.05, 0) is 26.2 Å². The van der Waals surface area contributed by atoms with Gasteiger partial charge in [0.25, 0.3) is 0 Å². The standard InChI is InChI=1S/C13H22N2OS/c1-3-13-8-11(5-7-16-13)14-6-4-12-9-17-10(2)15-12/h9,11,13-14H,3-8H2,1-2H3. The zero-order valence-electron chi connectivity index (χ0n) is 10.7. The van der Waals surface area contributed by atoms with Crippen LogP contribution in [0.3, 0.4) is 0 Å². The van der Waals surface area contributed by atoms with Gasteiger partial charge in [-0.1, -0.05) is 6.92 Å². The van der Waals surface area contributed by atoms with Crippen LogP contribution in [0.2, 0.25) is 0 Å². The van der Waals surface area contributed by atoms with E-state index in [0.717, 1.165) is 43.8 Å². The quantitative estimate of drug-likeness (QED) is 0.877. The van der Waals surface area contributed by atoms with E-state index in [4.69, 9.17) is 4.74 Å². The highest BCUT2D eigenvalue weighted by Gasteiger charge is 2.20. The van der Waals surface area contributed by atoms with Crippen LogP contribution in [0, 0.1) is 6.92 Å². The van der Waals surface area contributed by atoms with E-state index < -0.39 is 0 Å². The molecule has 2 heterocycles. The maximum atomic E-state index is 5.67. The summed E-state index contributed by atoms with van der Waals surface area (Å²) in [4.78, 5) is 4.48. The number of hydrogen-bond acceptors (Lipinski definition) is 4. The normalized spacial score (nSPS) is 25.1. The highest BCUT2D eigenvalue weighted by molar-refractivity contribution is 7.09. The molecular formula is C13H22N2OS. The molecule has 1 aliphatic rings. The van der Waals surface area contributed by atoms with Crippen LogP contribution in [0.1, 0.15) is 36.9 Å². The summed E-state index contributed by atoms with van der Waals surface area (Å²) < 4.78 is 5.67. The fraction of sp³-hybridized carbons (Fsp3) is 0.769. The van der Waals surface area contributed by atoms with Crippen molar-refractivity contribution in [3.05, 3.63) is 16.1 Å². The van der Waals surface area contributed by atoms with Crippen LogP contribution in [-0.2, 0) is 11.2 Å². The number of nitrogens with one attached hydrogen (secondary N) is 1. The number of hydrogen-bond donors (Lipinski definition) is 1. The van der Waals surface area contributed by atoms with Gasteiger partial charge in [0.05, 0.1) is 16.8 Å². The molecule has 1 aliphatic heterocycles. The van der Waals surface area contributed by atoms with Gasteiger partial charge in [-0.3, -0.25) is 0 Å². The molecule has 1 aromatic heterocycles. The van der Waals surface area contributed by atoms with E-state index in [1.807, 2.05) is 0 Å². The average molecular weight is 254 g/mol. The number of thiazole rings is 1. The molecule has 0 spiro atoms. The van der Waals surface area contributed by atoms with Gasteiger partial charge in [0, 0.05) is 31.0 Å². The Bertz CT molecular complexity index is 340. The Morgan fingerprint density at radius 3 is 3.18 bits per heavy atom. The van der Waals surface area contributed by atoms with Gasteiger partial charge >= 0.3 is 0 Å². The fourth-order valence-corrected chi connectivity index (χ4v) is 2.92. The van der Waals surface area contributed by atoms with Gasteiger partial charge in [0.1, 0.15) is 0 Å². The molecule has 0 bridgehead atoms. The van der Waals surface area contributed by atoms with E-state index in [9.17, 15) is 0 Å². The van der Waals surface area contributed by atoms with Gasteiger partial charge < -0.3 is 10.1 Å². The van der Waals surface area contributed by atoms with Crippen LogP contribution in [0.5, 0.6) is 0 Å². The molecule has 0 aromatic carbocycles. The first kappa shape index (κ1) is 13.0. The van der Waals surface area contributed by atoms with E-state index in [1.54, 1.807) is 11.3 Å². The van der Waals surface area contributed by atoms with Gasteiger partial charge in [0.2, 0.25) is 0 Å². The molecule has 0 amide bonds. The van der Waals surface area contributed by atoms with Crippen molar-refractivity contribution in [3.8, 4) is 0 Å². The number of rotatable bonds is 5. The van der Waals surface area contributed by atoms with Crippen molar-refractivity contribution >= 4 is 11.3 Å². The first-order valence-electron chi connectivity index (χ1n) is 6.54. The second-order valence-corrected chi connectivity index (χ2v) is 5.75. The smallest absolute Gasteiger partial charge is 0.0897 e. The van der Waals surface area contributed by atoms with E-state index in [1.165, 1.54) is 5.69 Å². The number of aryl methyl sites for hydroxylation is 1. The summed E-state index contributed by atoms with van der Waals surface area (Å²) in [7, 11) is 0. The maximum Gasteiger partial charge on any atom is 0.0897 e. The average Bonchev–Trinajstić information content (AvgIpc) is 2.75.